The molecule has 2 fully saturated rings. The Hall–Kier alpha value is -0.890. The van der Waals surface area contributed by atoms with E-state index in [2.05, 4.69) is 29.5 Å². The summed E-state index contributed by atoms with van der Waals surface area (Å²) in [5.41, 5.74) is 1.82. The van der Waals surface area contributed by atoms with Crippen molar-refractivity contribution in [3.63, 3.8) is 0 Å². The maximum Gasteiger partial charge on any atom is 0.191 e. The summed E-state index contributed by atoms with van der Waals surface area (Å²) in [6.45, 7) is 7.75. The molecule has 1 aromatic carbocycles. The topological polar surface area (TPSA) is 45.7 Å². The van der Waals surface area contributed by atoms with Crippen LogP contribution in [0.5, 0.6) is 0 Å². The molecule has 1 aliphatic heterocycles. The van der Waals surface area contributed by atoms with Crippen LogP contribution in [-0.4, -0.2) is 31.8 Å². The average Bonchev–Trinajstić information content (AvgIpc) is 2.97. The van der Waals surface area contributed by atoms with Crippen LogP contribution >= 0.6 is 24.0 Å². The van der Waals surface area contributed by atoms with Crippen LogP contribution in [0.15, 0.2) is 23.2 Å². The summed E-state index contributed by atoms with van der Waals surface area (Å²) in [6.07, 6.45) is 1.47. The summed E-state index contributed by atoms with van der Waals surface area (Å²) < 4.78 is 19.2. The molecular formula is C18H27FIN3O. The van der Waals surface area contributed by atoms with Gasteiger partial charge in [0.2, 0.25) is 0 Å². The number of aliphatic imine (C=N–C) groups is 1. The molecule has 3 unspecified atom stereocenters. The van der Waals surface area contributed by atoms with Gasteiger partial charge in [-0.1, -0.05) is 26.0 Å². The molecule has 4 nitrogen and oxygen atoms in total. The lowest BCUT2D eigenvalue weighted by molar-refractivity contribution is -0.106. The van der Waals surface area contributed by atoms with Crippen LogP contribution in [0.2, 0.25) is 0 Å². The third-order valence-electron chi connectivity index (χ3n) is 5.30. The average molecular weight is 447 g/mol. The second-order valence-corrected chi connectivity index (χ2v) is 7.20. The van der Waals surface area contributed by atoms with Gasteiger partial charge in [-0.3, -0.25) is 4.99 Å². The zero-order chi connectivity index (χ0) is 16.6. The minimum absolute atomic E-state index is 0. The summed E-state index contributed by atoms with van der Waals surface area (Å²) in [6, 6.07) is 5.55. The highest BCUT2D eigenvalue weighted by molar-refractivity contribution is 14.0. The second kappa shape index (κ2) is 7.56. The number of halogens is 2. The molecule has 0 bridgehead atoms. The SMILES string of the molecule is CN=C(NCc1ccc(F)c(C)c1)NC1C2CCOC2C1(C)C.I. The number of hydrogen-bond acceptors (Lipinski definition) is 2. The van der Waals surface area contributed by atoms with Gasteiger partial charge >= 0.3 is 0 Å². The van der Waals surface area contributed by atoms with Crippen LogP contribution in [0.25, 0.3) is 0 Å². The van der Waals surface area contributed by atoms with Crippen LogP contribution in [0.1, 0.15) is 31.4 Å². The van der Waals surface area contributed by atoms with Gasteiger partial charge in [-0.25, -0.2) is 4.39 Å². The Balaban J connectivity index is 0.00000208. The standard InChI is InChI=1S/C18H26FN3O.HI/c1-11-9-12(5-6-14(11)19)10-21-17(20-4)22-15-13-7-8-23-16(13)18(15,2)3;/h5-6,9,13,15-16H,7-8,10H2,1-4H3,(H2,20,21,22);1H. The van der Waals surface area contributed by atoms with E-state index in [4.69, 9.17) is 4.74 Å². The molecule has 3 rings (SSSR count). The number of benzene rings is 1. The van der Waals surface area contributed by atoms with Crippen LogP contribution < -0.4 is 10.6 Å². The fourth-order valence-electron chi connectivity index (χ4n) is 3.96. The van der Waals surface area contributed by atoms with Gasteiger partial charge in [-0.2, -0.15) is 0 Å². The normalized spacial score (nSPS) is 27.7. The molecule has 134 valence electrons. The number of nitrogens with zero attached hydrogens (tertiary/aromatic N) is 1. The molecule has 0 aromatic heterocycles. The number of nitrogens with one attached hydrogen (secondary N) is 2. The van der Waals surface area contributed by atoms with Crippen molar-refractivity contribution < 1.29 is 9.13 Å². The Labute approximate surface area is 160 Å². The minimum atomic E-state index is -0.167. The number of hydrogen-bond donors (Lipinski definition) is 2. The smallest absolute Gasteiger partial charge is 0.191 e. The van der Waals surface area contributed by atoms with Crippen molar-refractivity contribution >= 4 is 29.9 Å². The van der Waals surface area contributed by atoms with Gasteiger partial charge in [0.05, 0.1) is 6.10 Å². The number of guanidine groups is 1. The zero-order valence-corrected chi connectivity index (χ0v) is 17.1. The molecule has 0 amide bonds. The highest BCUT2D eigenvalue weighted by Crippen LogP contribution is 2.52. The van der Waals surface area contributed by atoms with Gasteiger partial charge < -0.3 is 15.4 Å². The third-order valence-corrected chi connectivity index (χ3v) is 5.30. The number of fused-ring (bicyclic) bond motifs is 1. The van der Waals surface area contributed by atoms with Gasteiger partial charge in [-0.15, -0.1) is 24.0 Å². The van der Waals surface area contributed by atoms with Crippen molar-refractivity contribution in [2.75, 3.05) is 13.7 Å². The van der Waals surface area contributed by atoms with E-state index in [-0.39, 0.29) is 35.2 Å². The van der Waals surface area contributed by atoms with Gasteiger partial charge in [0, 0.05) is 37.6 Å². The van der Waals surface area contributed by atoms with Crippen molar-refractivity contribution in [3.8, 4) is 0 Å². The van der Waals surface area contributed by atoms with Gasteiger partial charge in [0.1, 0.15) is 5.82 Å². The van der Waals surface area contributed by atoms with E-state index in [0.717, 1.165) is 24.6 Å². The second-order valence-electron chi connectivity index (χ2n) is 7.20. The van der Waals surface area contributed by atoms with Crippen LogP contribution in [-0.2, 0) is 11.3 Å². The molecule has 2 aliphatic rings. The van der Waals surface area contributed by atoms with E-state index in [1.807, 2.05) is 6.07 Å². The Morgan fingerprint density at radius 3 is 2.83 bits per heavy atom. The quantitative estimate of drug-likeness (QED) is 0.425. The Bertz CT molecular complexity index is 620. The summed E-state index contributed by atoms with van der Waals surface area (Å²) in [5.74, 6) is 1.19. The van der Waals surface area contributed by atoms with Crippen molar-refractivity contribution in [2.45, 2.75) is 45.9 Å². The molecule has 1 saturated heterocycles. The summed E-state index contributed by atoms with van der Waals surface area (Å²) in [7, 11) is 1.78. The fraction of sp³-hybridized carbons (Fsp3) is 0.611. The predicted octanol–water partition coefficient (Wildman–Crippen LogP) is 3.23. The highest BCUT2D eigenvalue weighted by Gasteiger charge is 2.59. The van der Waals surface area contributed by atoms with Crippen LogP contribution in [0, 0.1) is 24.1 Å². The van der Waals surface area contributed by atoms with E-state index in [0.29, 0.717) is 30.2 Å². The minimum Gasteiger partial charge on any atom is -0.377 e. The first kappa shape index (κ1) is 19.4. The first-order valence-electron chi connectivity index (χ1n) is 8.27. The van der Waals surface area contributed by atoms with Gasteiger partial charge in [-0.05, 0) is 30.5 Å². The van der Waals surface area contributed by atoms with E-state index in [9.17, 15) is 4.39 Å². The maximum atomic E-state index is 13.3. The van der Waals surface area contributed by atoms with E-state index >= 15 is 0 Å². The molecule has 0 spiro atoms. The van der Waals surface area contributed by atoms with Crippen molar-refractivity contribution in [1.82, 2.24) is 10.6 Å². The first-order chi connectivity index (χ1) is 10.9. The number of aryl methyl sites for hydroxylation is 1. The summed E-state index contributed by atoms with van der Waals surface area (Å²) in [4.78, 5) is 4.32. The lowest BCUT2D eigenvalue weighted by Gasteiger charge is -2.54. The molecule has 2 N–H and O–H groups in total. The molecular weight excluding hydrogens is 420 g/mol. The van der Waals surface area contributed by atoms with E-state index < -0.39 is 0 Å². The summed E-state index contributed by atoms with van der Waals surface area (Å²) >= 11 is 0. The Kier molecular flexibility index (Phi) is 6.12. The van der Waals surface area contributed by atoms with Gasteiger partial charge in [0.25, 0.3) is 0 Å². The Morgan fingerprint density at radius 2 is 2.17 bits per heavy atom. The van der Waals surface area contributed by atoms with E-state index in [1.54, 1.807) is 20.0 Å². The zero-order valence-electron chi connectivity index (χ0n) is 14.7. The monoisotopic (exact) mass is 447 g/mol. The lowest BCUT2D eigenvalue weighted by atomic mass is 9.57. The number of ether oxygens (including phenoxy) is 1. The molecule has 1 saturated carbocycles. The van der Waals surface area contributed by atoms with Crippen molar-refractivity contribution in [2.24, 2.45) is 16.3 Å². The molecule has 0 radical (unpaired) electrons. The molecule has 6 heteroatoms. The van der Waals surface area contributed by atoms with E-state index in [1.165, 1.54) is 6.07 Å². The fourth-order valence-corrected chi connectivity index (χ4v) is 3.96. The maximum absolute atomic E-state index is 13.3. The van der Waals surface area contributed by atoms with Crippen LogP contribution in [0.4, 0.5) is 4.39 Å². The molecule has 24 heavy (non-hydrogen) atoms. The van der Waals surface area contributed by atoms with Gasteiger partial charge in [0.15, 0.2) is 5.96 Å². The Morgan fingerprint density at radius 1 is 1.42 bits per heavy atom. The number of rotatable bonds is 3. The molecule has 1 aromatic rings. The predicted molar refractivity (Wildman–Crippen MR) is 105 cm³/mol. The molecule has 1 heterocycles. The lowest BCUT2D eigenvalue weighted by Crippen LogP contribution is -2.67. The third kappa shape index (κ3) is 3.54. The molecule has 3 atom stereocenters. The van der Waals surface area contributed by atoms with Crippen molar-refractivity contribution in [3.05, 3.63) is 35.1 Å². The highest BCUT2D eigenvalue weighted by atomic mass is 127. The van der Waals surface area contributed by atoms with Crippen molar-refractivity contribution in [1.29, 1.82) is 0 Å². The van der Waals surface area contributed by atoms with Crippen LogP contribution in [0.3, 0.4) is 0 Å². The largest absolute Gasteiger partial charge is 0.377 e. The molecule has 1 aliphatic carbocycles. The first-order valence-corrected chi connectivity index (χ1v) is 8.27. The summed E-state index contributed by atoms with van der Waals surface area (Å²) in [5, 5.41) is 6.87.